The topological polar surface area (TPSA) is 49.3 Å². The van der Waals surface area contributed by atoms with Crippen LogP contribution in [0.5, 0.6) is 0 Å². The lowest BCUT2D eigenvalue weighted by atomic mass is 9.94. The van der Waals surface area contributed by atoms with Crippen LogP contribution < -0.4 is 9.80 Å². The van der Waals surface area contributed by atoms with Crippen LogP contribution in [0, 0.1) is 19.8 Å². The second kappa shape index (κ2) is 7.64. The van der Waals surface area contributed by atoms with Crippen molar-refractivity contribution in [2.24, 2.45) is 5.92 Å². The van der Waals surface area contributed by atoms with Gasteiger partial charge in [0.15, 0.2) is 5.82 Å². The molecule has 0 radical (unpaired) electrons. The molecule has 5 heteroatoms. The van der Waals surface area contributed by atoms with E-state index in [1.807, 2.05) is 49.1 Å². The Kier molecular flexibility index (Phi) is 5.31. The standard InChI is InChI=1S/C20H26N4O/c1-4-24(18-8-6-5-7-15(18)2)20(25)17-11-13-23(14-12-17)19-10-9-16(3)21-22-19/h5-10,17H,4,11-14H2,1-3H3. The van der Waals surface area contributed by atoms with Crippen LogP contribution in [0.25, 0.3) is 0 Å². The maximum atomic E-state index is 13.0. The molecular weight excluding hydrogens is 312 g/mol. The van der Waals surface area contributed by atoms with Crippen LogP contribution in [-0.4, -0.2) is 35.7 Å². The zero-order valence-electron chi connectivity index (χ0n) is 15.3. The van der Waals surface area contributed by atoms with Crippen molar-refractivity contribution < 1.29 is 4.79 Å². The average molecular weight is 338 g/mol. The molecule has 0 aliphatic carbocycles. The fourth-order valence-corrected chi connectivity index (χ4v) is 3.45. The molecule has 1 fully saturated rings. The first-order valence-electron chi connectivity index (χ1n) is 9.02. The molecule has 0 unspecified atom stereocenters. The van der Waals surface area contributed by atoms with Gasteiger partial charge in [0.2, 0.25) is 5.91 Å². The van der Waals surface area contributed by atoms with Crippen LogP contribution in [0.4, 0.5) is 11.5 Å². The lowest BCUT2D eigenvalue weighted by molar-refractivity contribution is -0.122. The number of hydrogen-bond donors (Lipinski definition) is 0. The van der Waals surface area contributed by atoms with E-state index in [9.17, 15) is 4.79 Å². The van der Waals surface area contributed by atoms with Gasteiger partial charge in [-0.3, -0.25) is 4.79 Å². The van der Waals surface area contributed by atoms with E-state index >= 15 is 0 Å². The summed E-state index contributed by atoms with van der Waals surface area (Å²) >= 11 is 0. The summed E-state index contributed by atoms with van der Waals surface area (Å²) in [6.07, 6.45) is 1.72. The number of para-hydroxylation sites is 1. The minimum atomic E-state index is 0.0780. The third kappa shape index (κ3) is 3.81. The molecule has 3 rings (SSSR count). The van der Waals surface area contributed by atoms with E-state index in [-0.39, 0.29) is 11.8 Å². The molecule has 1 aliphatic heterocycles. The maximum absolute atomic E-state index is 13.0. The Labute approximate surface area is 149 Å². The number of piperidine rings is 1. The predicted molar refractivity (Wildman–Crippen MR) is 101 cm³/mol. The predicted octanol–water partition coefficient (Wildman–Crippen LogP) is 3.36. The molecule has 2 aromatic rings. The first kappa shape index (κ1) is 17.4. The summed E-state index contributed by atoms with van der Waals surface area (Å²) in [6, 6.07) is 12.1. The molecule has 132 valence electrons. The third-order valence-electron chi connectivity index (χ3n) is 4.94. The van der Waals surface area contributed by atoms with Crippen LogP contribution >= 0.6 is 0 Å². The van der Waals surface area contributed by atoms with E-state index in [1.165, 1.54) is 0 Å². The summed E-state index contributed by atoms with van der Waals surface area (Å²) in [4.78, 5) is 17.2. The molecule has 0 N–H and O–H groups in total. The number of carbonyl (C=O) groups excluding carboxylic acids is 1. The first-order chi connectivity index (χ1) is 12.1. The van der Waals surface area contributed by atoms with E-state index in [0.717, 1.165) is 48.7 Å². The number of benzene rings is 1. The van der Waals surface area contributed by atoms with Gasteiger partial charge >= 0.3 is 0 Å². The third-order valence-corrected chi connectivity index (χ3v) is 4.94. The molecule has 0 atom stereocenters. The fraction of sp³-hybridized carbons (Fsp3) is 0.450. The van der Waals surface area contributed by atoms with Crippen molar-refractivity contribution in [3.8, 4) is 0 Å². The second-order valence-electron chi connectivity index (χ2n) is 6.66. The normalized spacial score (nSPS) is 15.2. The maximum Gasteiger partial charge on any atom is 0.230 e. The molecule has 5 nitrogen and oxygen atoms in total. The largest absolute Gasteiger partial charge is 0.355 e. The SMILES string of the molecule is CCN(C(=O)C1CCN(c2ccc(C)nn2)CC1)c1ccccc1C. The van der Waals surface area contributed by atoms with Gasteiger partial charge in [-0.25, -0.2) is 0 Å². The number of anilines is 2. The van der Waals surface area contributed by atoms with Crippen molar-refractivity contribution in [1.29, 1.82) is 0 Å². The van der Waals surface area contributed by atoms with Crippen LogP contribution in [0.1, 0.15) is 31.0 Å². The lowest BCUT2D eigenvalue weighted by Crippen LogP contribution is -2.43. The smallest absolute Gasteiger partial charge is 0.230 e. The highest BCUT2D eigenvalue weighted by Crippen LogP contribution is 2.27. The Bertz CT molecular complexity index is 721. The van der Waals surface area contributed by atoms with E-state index in [4.69, 9.17) is 0 Å². The van der Waals surface area contributed by atoms with E-state index in [2.05, 4.69) is 28.1 Å². The van der Waals surface area contributed by atoms with Gasteiger partial charge in [0.25, 0.3) is 0 Å². The summed E-state index contributed by atoms with van der Waals surface area (Å²) in [7, 11) is 0. The minimum Gasteiger partial charge on any atom is -0.355 e. The lowest BCUT2D eigenvalue weighted by Gasteiger charge is -2.34. The van der Waals surface area contributed by atoms with E-state index < -0.39 is 0 Å². The molecule has 2 heterocycles. The van der Waals surface area contributed by atoms with Gasteiger partial charge in [-0.15, -0.1) is 5.10 Å². The number of carbonyl (C=O) groups is 1. The van der Waals surface area contributed by atoms with Gasteiger partial charge in [0.05, 0.1) is 5.69 Å². The van der Waals surface area contributed by atoms with Gasteiger partial charge in [0, 0.05) is 31.2 Å². The zero-order chi connectivity index (χ0) is 17.8. The Morgan fingerprint density at radius 1 is 1.12 bits per heavy atom. The monoisotopic (exact) mass is 338 g/mol. The Hall–Kier alpha value is -2.43. The summed E-state index contributed by atoms with van der Waals surface area (Å²) in [5.74, 6) is 1.23. The molecular formula is C20H26N4O. The minimum absolute atomic E-state index is 0.0780. The van der Waals surface area contributed by atoms with E-state index in [1.54, 1.807) is 0 Å². The van der Waals surface area contributed by atoms with Crippen LogP contribution in [0.15, 0.2) is 36.4 Å². The van der Waals surface area contributed by atoms with Crippen molar-refractivity contribution in [3.05, 3.63) is 47.7 Å². The van der Waals surface area contributed by atoms with Crippen LogP contribution in [0.2, 0.25) is 0 Å². The zero-order valence-corrected chi connectivity index (χ0v) is 15.3. The highest BCUT2D eigenvalue weighted by Gasteiger charge is 2.29. The molecule has 1 aromatic heterocycles. The summed E-state index contributed by atoms with van der Waals surface area (Å²) in [5, 5.41) is 8.40. The average Bonchev–Trinajstić information content (AvgIpc) is 2.64. The number of aryl methyl sites for hydroxylation is 2. The number of aromatic nitrogens is 2. The van der Waals surface area contributed by atoms with Gasteiger partial charge < -0.3 is 9.80 Å². The molecule has 1 saturated heterocycles. The molecule has 0 saturated carbocycles. The van der Waals surface area contributed by atoms with Crippen molar-refractivity contribution in [3.63, 3.8) is 0 Å². The number of amides is 1. The molecule has 0 spiro atoms. The van der Waals surface area contributed by atoms with E-state index in [0.29, 0.717) is 6.54 Å². The Morgan fingerprint density at radius 2 is 1.84 bits per heavy atom. The summed E-state index contributed by atoms with van der Waals surface area (Å²) < 4.78 is 0. The Balaban J connectivity index is 1.66. The van der Waals surface area contributed by atoms with Crippen molar-refractivity contribution in [2.45, 2.75) is 33.6 Å². The number of nitrogens with zero attached hydrogens (tertiary/aromatic N) is 4. The van der Waals surface area contributed by atoms with Gasteiger partial charge in [-0.1, -0.05) is 18.2 Å². The summed E-state index contributed by atoms with van der Waals surface area (Å²) in [5.41, 5.74) is 3.09. The van der Waals surface area contributed by atoms with Crippen LogP contribution in [0.3, 0.4) is 0 Å². The molecule has 1 aromatic carbocycles. The van der Waals surface area contributed by atoms with Crippen molar-refractivity contribution >= 4 is 17.4 Å². The van der Waals surface area contributed by atoms with Gasteiger partial charge in [0.1, 0.15) is 0 Å². The quantitative estimate of drug-likeness (QED) is 0.858. The number of hydrogen-bond acceptors (Lipinski definition) is 4. The van der Waals surface area contributed by atoms with Gasteiger partial charge in [-0.05, 0) is 57.4 Å². The summed E-state index contributed by atoms with van der Waals surface area (Å²) in [6.45, 7) is 8.43. The van der Waals surface area contributed by atoms with Crippen LogP contribution in [-0.2, 0) is 4.79 Å². The molecule has 1 amide bonds. The van der Waals surface area contributed by atoms with Crippen molar-refractivity contribution in [2.75, 3.05) is 29.4 Å². The molecule has 0 bridgehead atoms. The second-order valence-corrected chi connectivity index (χ2v) is 6.66. The highest BCUT2D eigenvalue weighted by molar-refractivity contribution is 5.95. The molecule has 1 aliphatic rings. The Morgan fingerprint density at radius 3 is 2.44 bits per heavy atom. The van der Waals surface area contributed by atoms with Gasteiger partial charge in [-0.2, -0.15) is 5.10 Å². The molecule has 25 heavy (non-hydrogen) atoms. The highest BCUT2D eigenvalue weighted by atomic mass is 16.2. The number of rotatable bonds is 4. The first-order valence-corrected chi connectivity index (χ1v) is 9.02. The fourth-order valence-electron chi connectivity index (χ4n) is 3.45. The van der Waals surface area contributed by atoms with Crippen molar-refractivity contribution in [1.82, 2.24) is 10.2 Å².